The number of hydrogen-bond acceptors (Lipinski definition) is 2. The van der Waals surface area contributed by atoms with Crippen LogP contribution in [0.4, 0.5) is 0 Å². The monoisotopic (exact) mass is 296 g/mol. The molecule has 3 heteroatoms. The van der Waals surface area contributed by atoms with Gasteiger partial charge in [-0.15, -0.1) is 0 Å². The Morgan fingerprint density at radius 3 is 2.35 bits per heavy atom. The summed E-state index contributed by atoms with van der Waals surface area (Å²) in [6.07, 6.45) is 10.4. The number of halogens is 1. The molecule has 0 saturated carbocycles. The van der Waals surface area contributed by atoms with E-state index in [2.05, 4.69) is 24.5 Å². The van der Waals surface area contributed by atoms with Gasteiger partial charge in [-0.3, -0.25) is 11.3 Å². The molecule has 0 aliphatic heterocycles. The molecule has 0 aliphatic rings. The summed E-state index contributed by atoms with van der Waals surface area (Å²) in [7, 11) is 0. The molecule has 1 aromatic rings. The first-order valence-electron chi connectivity index (χ1n) is 7.91. The first-order valence-corrected chi connectivity index (χ1v) is 8.29. The first kappa shape index (κ1) is 17.5. The molecule has 0 fully saturated rings. The van der Waals surface area contributed by atoms with Crippen molar-refractivity contribution in [2.24, 2.45) is 5.84 Å². The van der Waals surface area contributed by atoms with Gasteiger partial charge in [-0.2, -0.15) is 0 Å². The Hall–Kier alpha value is -0.570. The molecule has 0 heterocycles. The molecule has 0 aromatic heterocycles. The van der Waals surface area contributed by atoms with Gasteiger partial charge in [0.1, 0.15) is 0 Å². The van der Waals surface area contributed by atoms with Crippen LogP contribution in [0, 0.1) is 6.92 Å². The topological polar surface area (TPSA) is 38.0 Å². The Morgan fingerprint density at radius 1 is 1.10 bits per heavy atom. The van der Waals surface area contributed by atoms with Gasteiger partial charge in [0.25, 0.3) is 0 Å². The van der Waals surface area contributed by atoms with Crippen molar-refractivity contribution >= 4 is 11.6 Å². The number of nitrogens with two attached hydrogens (primary N) is 1. The molecule has 114 valence electrons. The van der Waals surface area contributed by atoms with E-state index < -0.39 is 0 Å². The Kier molecular flexibility index (Phi) is 8.92. The third-order valence-electron chi connectivity index (χ3n) is 3.88. The van der Waals surface area contributed by atoms with Gasteiger partial charge in [-0.25, -0.2) is 0 Å². The van der Waals surface area contributed by atoms with E-state index in [4.69, 9.17) is 17.4 Å². The Morgan fingerprint density at radius 2 is 1.75 bits per heavy atom. The minimum atomic E-state index is 0.238. The largest absolute Gasteiger partial charge is 0.271 e. The molecule has 3 N–H and O–H groups in total. The van der Waals surface area contributed by atoms with Crippen molar-refractivity contribution in [3.05, 3.63) is 34.3 Å². The molecule has 20 heavy (non-hydrogen) atoms. The van der Waals surface area contributed by atoms with E-state index in [9.17, 15) is 0 Å². The molecular formula is C17H29ClN2. The standard InChI is InChI=1S/C17H29ClN2/c1-3-4-5-6-7-8-9-10-17(20-19)15-11-12-16(18)14(2)13-15/h11-13,17,20H,3-10,19H2,1-2H3. The molecule has 2 nitrogen and oxygen atoms in total. The van der Waals surface area contributed by atoms with E-state index in [1.807, 2.05) is 13.0 Å². The Labute approximate surface area is 129 Å². The lowest BCUT2D eigenvalue weighted by atomic mass is 9.98. The van der Waals surface area contributed by atoms with E-state index in [0.29, 0.717) is 0 Å². The maximum atomic E-state index is 6.06. The highest BCUT2D eigenvalue weighted by atomic mass is 35.5. The number of benzene rings is 1. The lowest BCUT2D eigenvalue weighted by Crippen LogP contribution is -2.28. The number of hydrazine groups is 1. The van der Waals surface area contributed by atoms with Crippen LogP contribution < -0.4 is 11.3 Å². The third-order valence-corrected chi connectivity index (χ3v) is 4.31. The summed E-state index contributed by atoms with van der Waals surface area (Å²) in [5, 5.41) is 0.820. The molecular weight excluding hydrogens is 268 g/mol. The molecule has 1 unspecified atom stereocenters. The lowest BCUT2D eigenvalue weighted by molar-refractivity contribution is 0.475. The average molecular weight is 297 g/mol. The lowest BCUT2D eigenvalue weighted by Gasteiger charge is -2.17. The smallest absolute Gasteiger partial charge is 0.0460 e. The molecule has 0 aliphatic carbocycles. The maximum Gasteiger partial charge on any atom is 0.0460 e. The molecule has 0 radical (unpaired) electrons. The second-order valence-corrected chi connectivity index (χ2v) is 6.05. The van der Waals surface area contributed by atoms with E-state index >= 15 is 0 Å². The minimum Gasteiger partial charge on any atom is -0.271 e. The second kappa shape index (κ2) is 10.2. The molecule has 1 aromatic carbocycles. The van der Waals surface area contributed by atoms with Gasteiger partial charge in [-0.05, 0) is 30.5 Å². The number of hydrogen-bond donors (Lipinski definition) is 2. The van der Waals surface area contributed by atoms with Crippen LogP contribution in [0.3, 0.4) is 0 Å². The molecule has 1 atom stereocenters. The molecule has 0 saturated heterocycles. The zero-order chi connectivity index (χ0) is 14.8. The summed E-state index contributed by atoms with van der Waals surface area (Å²) in [5.41, 5.74) is 5.28. The predicted molar refractivity (Wildman–Crippen MR) is 88.9 cm³/mol. The number of unbranched alkanes of at least 4 members (excludes halogenated alkanes) is 6. The SMILES string of the molecule is CCCCCCCCCC(NN)c1ccc(Cl)c(C)c1. The van der Waals surface area contributed by atoms with E-state index in [-0.39, 0.29) is 6.04 Å². The Balaban J connectivity index is 2.30. The van der Waals surface area contributed by atoms with Crippen molar-refractivity contribution < 1.29 is 0 Å². The van der Waals surface area contributed by atoms with Crippen molar-refractivity contribution in [2.45, 2.75) is 71.3 Å². The quantitative estimate of drug-likeness (QED) is 0.349. The molecule has 0 bridgehead atoms. The first-order chi connectivity index (χ1) is 9.69. The number of aryl methyl sites for hydroxylation is 1. The zero-order valence-electron chi connectivity index (χ0n) is 12.9. The molecule has 1 rings (SSSR count). The van der Waals surface area contributed by atoms with E-state index in [1.165, 1.54) is 50.5 Å². The summed E-state index contributed by atoms with van der Waals surface area (Å²) < 4.78 is 0. The number of rotatable bonds is 10. The minimum absolute atomic E-state index is 0.238. The van der Waals surface area contributed by atoms with E-state index in [1.54, 1.807) is 0 Å². The van der Waals surface area contributed by atoms with Crippen LogP contribution >= 0.6 is 11.6 Å². The van der Waals surface area contributed by atoms with Gasteiger partial charge >= 0.3 is 0 Å². The van der Waals surface area contributed by atoms with Crippen molar-refractivity contribution in [3.63, 3.8) is 0 Å². The van der Waals surface area contributed by atoms with Crippen LogP contribution in [-0.2, 0) is 0 Å². The maximum absolute atomic E-state index is 6.06. The van der Waals surface area contributed by atoms with Crippen LogP contribution in [0.2, 0.25) is 5.02 Å². The summed E-state index contributed by atoms with van der Waals surface area (Å²) in [5.74, 6) is 5.69. The van der Waals surface area contributed by atoms with Gasteiger partial charge in [0.05, 0.1) is 0 Å². The van der Waals surface area contributed by atoms with Gasteiger partial charge < -0.3 is 0 Å². The van der Waals surface area contributed by atoms with Crippen LogP contribution in [0.5, 0.6) is 0 Å². The summed E-state index contributed by atoms with van der Waals surface area (Å²) in [6.45, 7) is 4.29. The molecule has 0 amide bonds. The highest BCUT2D eigenvalue weighted by Gasteiger charge is 2.10. The fraction of sp³-hybridized carbons (Fsp3) is 0.647. The average Bonchev–Trinajstić information content (AvgIpc) is 2.45. The summed E-state index contributed by atoms with van der Waals surface area (Å²) in [4.78, 5) is 0. The van der Waals surface area contributed by atoms with Crippen LogP contribution in [-0.4, -0.2) is 0 Å². The van der Waals surface area contributed by atoms with E-state index in [0.717, 1.165) is 17.0 Å². The fourth-order valence-corrected chi connectivity index (χ4v) is 2.65. The van der Waals surface area contributed by atoms with Gasteiger partial charge in [-0.1, -0.05) is 75.6 Å². The third kappa shape index (κ3) is 6.25. The van der Waals surface area contributed by atoms with Crippen molar-refractivity contribution in [3.8, 4) is 0 Å². The van der Waals surface area contributed by atoms with Crippen LogP contribution in [0.15, 0.2) is 18.2 Å². The van der Waals surface area contributed by atoms with Gasteiger partial charge in [0.2, 0.25) is 0 Å². The molecule has 0 spiro atoms. The van der Waals surface area contributed by atoms with Crippen molar-refractivity contribution in [1.82, 2.24) is 5.43 Å². The van der Waals surface area contributed by atoms with Gasteiger partial charge in [0, 0.05) is 11.1 Å². The highest BCUT2D eigenvalue weighted by Crippen LogP contribution is 2.24. The fourth-order valence-electron chi connectivity index (χ4n) is 2.54. The normalized spacial score (nSPS) is 12.6. The Bertz CT molecular complexity index is 379. The predicted octanol–water partition coefficient (Wildman–Crippen LogP) is 5.29. The number of nitrogens with one attached hydrogen (secondary N) is 1. The van der Waals surface area contributed by atoms with Crippen LogP contribution in [0.1, 0.15) is 75.5 Å². The second-order valence-electron chi connectivity index (χ2n) is 5.64. The summed E-state index contributed by atoms with van der Waals surface area (Å²) >= 11 is 6.06. The van der Waals surface area contributed by atoms with Crippen LogP contribution in [0.25, 0.3) is 0 Å². The summed E-state index contributed by atoms with van der Waals surface area (Å²) in [6, 6.07) is 6.40. The zero-order valence-corrected chi connectivity index (χ0v) is 13.7. The highest BCUT2D eigenvalue weighted by molar-refractivity contribution is 6.31. The van der Waals surface area contributed by atoms with Crippen molar-refractivity contribution in [1.29, 1.82) is 0 Å². The van der Waals surface area contributed by atoms with Gasteiger partial charge in [0.15, 0.2) is 0 Å². The van der Waals surface area contributed by atoms with Crippen molar-refractivity contribution in [2.75, 3.05) is 0 Å².